The van der Waals surface area contributed by atoms with Gasteiger partial charge in [-0.25, -0.2) is 0 Å². The van der Waals surface area contributed by atoms with Crippen molar-refractivity contribution in [2.24, 2.45) is 5.92 Å². The SMILES string of the molecule is CCC(NC(=O)c1cc(S)ccc1Cl)C1CCCCC1. The molecule has 4 heteroatoms. The number of amides is 1. The molecule has 2 nitrogen and oxygen atoms in total. The summed E-state index contributed by atoms with van der Waals surface area (Å²) in [5.41, 5.74) is 0.522. The van der Waals surface area contributed by atoms with Gasteiger partial charge in [0.2, 0.25) is 0 Å². The molecule has 110 valence electrons. The summed E-state index contributed by atoms with van der Waals surface area (Å²) in [4.78, 5) is 13.2. The minimum Gasteiger partial charge on any atom is -0.349 e. The highest BCUT2D eigenvalue weighted by Gasteiger charge is 2.24. The average Bonchev–Trinajstić information content (AvgIpc) is 2.48. The second kappa shape index (κ2) is 7.37. The zero-order valence-electron chi connectivity index (χ0n) is 11.9. The first-order chi connectivity index (χ1) is 9.61. The summed E-state index contributed by atoms with van der Waals surface area (Å²) >= 11 is 10.4. The standard InChI is InChI=1S/C16H22ClNOS/c1-2-15(11-6-4-3-5-7-11)18-16(19)13-10-12(20)8-9-14(13)17/h8-11,15,20H,2-7H2,1H3,(H,18,19). The van der Waals surface area contributed by atoms with Crippen LogP contribution < -0.4 is 5.32 Å². The van der Waals surface area contributed by atoms with E-state index >= 15 is 0 Å². The van der Waals surface area contributed by atoms with Crippen LogP contribution >= 0.6 is 24.2 Å². The predicted octanol–water partition coefficient (Wildman–Crippen LogP) is 4.72. The Morgan fingerprint density at radius 3 is 2.75 bits per heavy atom. The molecule has 0 heterocycles. The van der Waals surface area contributed by atoms with Crippen LogP contribution in [-0.2, 0) is 0 Å². The summed E-state index contributed by atoms with van der Waals surface area (Å²) in [6.45, 7) is 2.14. The van der Waals surface area contributed by atoms with Crippen molar-refractivity contribution in [2.75, 3.05) is 0 Å². The Balaban J connectivity index is 2.06. The van der Waals surface area contributed by atoms with E-state index in [4.69, 9.17) is 11.6 Å². The number of rotatable bonds is 4. The molecule has 1 aromatic rings. The molecule has 0 radical (unpaired) electrons. The lowest BCUT2D eigenvalue weighted by atomic mass is 9.83. The van der Waals surface area contributed by atoms with E-state index in [0.29, 0.717) is 16.5 Å². The lowest BCUT2D eigenvalue weighted by Crippen LogP contribution is -2.40. The van der Waals surface area contributed by atoms with Gasteiger partial charge >= 0.3 is 0 Å². The van der Waals surface area contributed by atoms with Crippen LogP contribution in [0.1, 0.15) is 55.8 Å². The zero-order chi connectivity index (χ0) is 14.5. The normalized spacial score (nSPS) is 17.8. The highest BCUT2D eigenvalue weighted by Crippen LogP contribution is 2.28. The van der Waals surface area contributed by atoms with Gasteiger partial charge in [0.05, 0.1) is 10.6 Å². The minimum absolute atomic E-state index is 0.0803. The van der Waals surface area contributed by atoms with Crippen molar-refractivity contribution in [1.29, 1.82) is 0 Å². The molecular formula is C16H22ClNOS. The largest absolute Gasteiger partial charge is 0.349 e. The lowest BCUT2D eigenvalue weighted by Gasteiger charge is -2.30. The smallest absolute Gasteiger partial charge is 0.253 e. The Morgan fingerprint density at radius 2 is 2.10 bits per heavy atom. The van der Waals surface area contributed by atoms with Gasteiger partial charge in [-0.15, -0.1) is 12.6 Å². The summed E-state index contributed by atoms with van der Waals surface area (Å²) in [6, 6.07) is 5.50. The van der Waals surface area contributed by atoms with E-state index in [-0.39, 0.29) is 11.9 Å². The number of hydrogen-bond donors (Lipinski definition) is 2. The highest BCUT2D eigenvalue weighted by molar-refractivity contribution is 7.80. The number of thiol groups is 1. The van der Waals surface area contributed by atoms with E-state index in [1.165, 1.54) is 32.1 Å². The van der Waals surface area contributed by atoms with Gasteiger partial charge in [-0.2, -0.15) is 0 Å². The monoisotopic (exact) mass is 311 g/mol. The van der Waals surface area contributed by atoms with Crippen LogP contribution in [0, 0.1) is 5.92 Å². The molecule has 1 aromatic carbocycles. The van der Waals surface area contributed by atoms with Gasteiger partial charge in [-0.3, -0.25) is 4.79 Å². The first-order valence-corrected chi connectivity index (χ1v) is 8.23. The third-order valence-corrected chi connectivity index (χ3v) is 4.78. The van der Waals surface area contributed by atoms with Gasteiger partial charge in [-0.05, 0) is 43.4 Å². The Kier molecular flexibility index (Phi) is 5.79. The minimum atomic E-state index is -0.0803. The van der Waals surface area contributed by atoms with E-state index in [9.17, 15) is 4.79 Å². The Labute approximate surface area is 131 Å². The number of carbonyl (C=O) groups excluding carboxylic acids is 1. The molecule has 0 spiro atoms. The molecule has 1 aliphatic carbocycles. The quantitative estimate of drug-likeness (QED) is 0.774. The molecule has 1 aliphatic rings. The van der Waals surface area contributed by atoms with Crippen LogP contribution in [0.3, 0.4) is 0 Å². The van der Waals surface area contributed by atoms with E-state index in [2.05, 4.69) is 24.9 Å². The third kappa shape index (κ3) is 3.92. The van der Waals surface area contributed by atoms with Gasteiger partial charge in [-0.1, -0.05) is 37.8 Å². The van der Waals surface area contributed by atoms with E-state index < -0.39 is 0 Å². The molecule has 1 N–H and O–H groups in total. The van der Waals surface area contributed by atoms with Crippen LogP contribution in [0.2, 0.25) is 5.02 Å². The fourth-order valence-electron chi connectivity index (χ4n) is 3.02. The molecule has 1 saturated carbocycles. The topological polar surface area (TPSA) is 29.1 Å². The first kappa shape index (κ1) is 15.7. The molecule has 1 amide bonds. The van der Waals surface area contributed by atoms with Gasteiger partial charge in [0.25, 0.3) is 5.91 Å². The molecule has 0 bridgehead atoms. The Morgan fingerprint density at radius 1 is 1.40 bits per heavy atom. The molecule has 20 heavy (non-hydrogen) atoms. The fourth-order valence-corrected chi connectivity index (χ4v) is 3.43. The number of halogens is 1. The van der Waals surface area contributed by atoms with Crippen LogP contribution in [0.25, 0.3) is 0 Å². The van der Waals surface area contributed by atoms with E-state index in [1.54, 1.807) is 18.2 Å². The summed E-state index contributed by atoms with van der Waals surface area (Å²) in [5.74, 6) is 0.527. The average molecular weight is 312 g/mol. The van der Waals surface area contributed by atoms with Gasteiger partial charge in [0.15, 0.2) is 0 Å². The maximum atomic E-state index is 12.4. The van der Waals surface area contributed by atoms with Gasteiger partial charge in [0, 0.05) is 10.9 Å². The molecule has 1 unspecified atom stereocenters. The molecule has 0 aliphatic heterocycles. The van der Waals surface area contributed by atoms with Crippen molar-refractivity contribution >= 4 is 30.1 Å². The maximum Gasteiger partial charge on any atom is 0.253 e. The lowest BCUT2D eigenvalue weighted by molar-refractivity contribution is 0.0911. The van der Waals surface area contributed by atoms with Crippen LogP contribution in [-0.4, -0.2) is 11.9 Å². The number of hydrogen-bond acceptors (Lipinski definition) is 2. The van der Waals surface area contributed by atoms with Gasteiger partial charge < -0.3 is 5.32 Å². The second-order valence-corrected chi connectivity index (χ2v) is 6.47. The van der Waals surface area contributed by atoms with Crippen molar-refractivity contribution in [3.63, 3.8) is 0 Å². The first-order valence-electron chi connectivity index (χ1n) is 7.41. The Hall–Kier alpha value is -0.670. The Bertz CT molecular complexity index is 472. The summed E-state index contributed by atoms with van der Waals surface area (Å²) in [6.07, 6.45) is 7.30. The molecule has 1 atom stereocenters. The van der Waals surface area contributed by atoms with Crippen LogP contribution in [0.5, 0.6) is 0 Å². The fraction of sp³-hybridized carbons (Fsp3) is 0.562. The predicted molar refractivity (Wildman–Crippen MR) is 86.8 cm³/mol. The van der Waals surface area contributed by atoms with Crippen molar-refractivity contribution < 1.29 is 4.79 Å². The second-order valence-electron chi connectivity index (χ2n) is 5.55. The van der Waals surface area contributed by atoms with Crippen molar-refractivity contribution in [2.45, 2.75) is 56.4 Å². The zero-order valence-corrected chi connectivity index (χ0v) is 13.5. The van der Waals surface area contributed by atoms with Crippen molar-refractivity contribution in [3.05, 3.63) is 28.8 Å². The van der Waals surface area contributed by atoms with Crippen LogP contribution in [0.15, 0.2) is 23.1 Å². The van der Waals surface area contributed by atoms with Crippen molar-refractivity contribution in [1.82, 2.24) is 5.32 Å². The molecule has 2 rings (SSSR count). The number of benzene rings is 1. The number of carbonyl (C=O) groups is 1. The summed E-state index contributed by atoms with van der Waals surface area (Å²) in [7, 11) is 0. The van der Waals surface area contributed by atoms with E-state index in [1.807, 2.05) is 0 Å². The molecule has 1 fully saturated rings. The molecular weight excluding hydrogens is 290 g/mol. The molecule has 0 saturated heterocycles. The third-order valence-electron chi connectivity index (χ3n) is 4.17. The van der Waals surface area contributed by atoms with Crippen molar-refractivity contribution in [3.8, 4) is 0 Å². The summed E-state index contributed by atoms with van der Waals surface area (Å²) < 4.78 is 0. The molecule has 0 aromatic heterocycles. The summed E-state index contributed by atoms with van der Waals surface area (Å²) in [5, 5.41) is 3.65. The number of nitrogens with one attached hydrogen (secondary N) is 1. The van der Waals surface area contributed by atoms with Gasteiger partial charge in [0.1, 0.15) is 0 Å². The van der Waals surface area contributed by atoms with E-state index in [0.717, 1.165) is 11.3 Å². The highest BCUT2D eigenvalue weighted by atomic mass is 35.5. The maximum absolute atomic E-state index is 12.4. The van der Waals surface area contributed by atoms with Crippen LogP contribution in [0.4, 0.5) is 0 Å².